The largest absolute Gasteiger partial charge is 0.384 e. The Morgan fingerprint density at radius 1 is 1.54 bits per heavy atom. The average Bonchev–Trinajstić information content (AvgIpc) is 2.15. The highest BCUT2D eigenvalue weighted by atomic mass is 14.9. The SMILES string of the molecule is CC(C)CNc1ccncc1CN. The third kappa shape index (κ3) is 3.03. The maximum atomic E-state index is 5.58. The number of hydrogen-bond donors (Lipinski definition) is 2. The lowest BCUT2D eigenvalue weighted by atomic mass is 10.2. The predicted molar refractivity (Wildman–Crippen MR) is 55.5 cm³/mol. The maximum absolute atomic E-state index is 5.58. The summed E-state index contributed by atoms with van der Waals surface area (Å²) in [4.78, 5) is 4.02. The number of hydrogen-bond acceptors (Lipinski definition) is 3. The van der Waals surface area contributed by atoms with Crippen molar-refractivity contribution in [3.63, 3.8) is 0 Å². The molecule has 0 saturated heterocycles. The van der Waals surface area contributed by atoms with E-state index in [1.807, 2.05) is 12.3 Å². The fourth-order valence-corrected chi connectivity index (χ4v) is 1.08. The molecule has 0 amide bonds. The highest BCUT2D eigenvalue weighted by Crippen LogP contribution is 2.12. The Bertz CT molecular complexity index is 258. The first kappa shape index (κ1) is 9.99. The maximum Gasteiger partial charge on any atom is 0.0416 e. The Morgan fingerprint density at radius 2 is 2.31 bits per heavy atom. The highest BCUT2D eigenvalue weighted by molar-refractivity contribution is 5.49. The van der Waals surface area contributed by atoms with Gasteiger partial charge in [-0.15, -0.1) is 0 Å². The predicted octanol–water partition coefficient (Wildman–Crippen LogP) is 1.61. The molecular formula is C10H17N3. The summed E-state index contributed by atoms with van der Waals surface area (Å²) < 4.78 is 0. The molecule has 3 heteroatoms. The minimum atomic E-state index is 0.536. The summed E-state index contributed by atoms with van der Waals surface area (Å²) in [5, 5.41) is 3.34. The second kappa shape index (κ2) is 4.82. The van der Waals surface area contributed by atoms with Gasteiger partial charge in [0.05, 0.1) is 0 Å². The van der Waals surface area contributed by atoms with Crippen LogP contribution >= 0.6 is 0 Å². The van der Waals surface area contributed by atoms with E-state index in [1.54, 1.807) is 6.20 Å². The summed E-state index contributed by atoms with van der Waals surface area (Å²) in [6.45, 7) is 5.86. The van der Waals surface area contributed by atoms with Crippen molar-refractivity contribution in [2.24, 2.45) is 11.7 Å². The molecule has 0 aliphatic rings. The molecule has 0 unspecified atom stereocenters. The second-order valence-electron chi connectivity index (χ2n) is 3.51. The summed E-state index contributed by atoms with van der Waals surface area (Å²) in [6.07, 6.45) is 3.59. The number of nitrogens with zero attached hydrogens (tertiary/aromatic N) is 1. The highest BCUT2D eigenvalue weighted by Gasteiger charge is 2.00. The Kier molecular flexibility index (Phi) is 3.71. The van der Waals surface area contributed by atoms with Crippen LogP contribution in [0.3, 0.4) is 0 Å². The van der Waals surface area contributed by atoms with Gasteiger partial charge in [0.2, 0.25) is 0 Å². The molecule has 0 fully saturated rings. The lowest BCUT2D eigenvalue weighted by Gasteiger charge is -2.11. The molecule has 0 radical (unpaired) electrons. The Labute approximate surface area is 79.4 Å². The van der Waals surface area contributed by atoms with Gasteiger partial charge in [-0.25, -0.2) is 0 Å². The van der Waals surface area contributed by atoms with E-state index < -0.39 is 0 Å². The molecule has 0 aliphatic heterocycles. The monoisotopic (exact) mass is 179 g/mol. The van der Waals surface area contributed by atoms with E-state index in [0.29, 0.717) is 12.5 Å². The van der Waals surface area contributed by atoms with Gasteiger partial charge in [-0.2, -0.15) is 0 Å². The van der Waals surface area contributed by atoms with Gasteiger partial charge in [0, 0.05) is 36.7 Å². The first-order valence-electron chi connectivity index (χ1n) is 4.61. The first-order chi connectivity index (χ1) is 6.24. The van der Waals surface area contributed by atoms with Crippen molar-refractivity contribution in [1.82, 2.24) is 4.98 Å². The molecule has 13 heavy (non-hydrogen) atoms. The standard InChI is InChI=1S/C10H17N3/c1-8(2)6-13-10-3-4-12-7-9(10)5-11/h3-4,7-8H,5-6,11H2,1-2H3,(H,12,13). The van der Waals surface area contributed by atoms with Gasteiger partial charge in [-0.05, 0) is 12.0 Å². The van der Waals surface area contributed by atoms with Crippen molar-refractivity contribution < 1.29 is 0 Å². The quantitative estimate of drug-likeness (QED) is 0.738. The zero-order chi connectivity index (χ0) is 9.68. The van der Waals surface area contributed by atoms with Gasteiger partial charge < -0.3 is 11.1 Å². The molecule has 1 heterocycles. The smallest absolute Gasteiger partial charge is 0.0416 e. The van der Waals surface area contributed by atoms with E-state index in [1.165, 1.54) is 0 Å². The van der Waals surface area contributed by atoms with Crippen LogP contribution in [0.2, 0.25) is 0 Å². The Hall–Kier alpha value is -1.09. The molecule has 3 nitrogen and oxygen atoms in total. The van der Waals surface area contributed by atoms with E-state index >= 15 is 0 Å². The summed E-state index contributed by atoms with van der Waals surface area (Å²) in [7, 11) is 0. The van der Waals surface area contributed by atoms with Gasteiger partial charge in [-0.3, -0.25) is 4.98 Å². The number of nitrogens with one attached hydrogen (secondary N) is 1. The topological polar surface area (TPSA) is 50.9 Å². The second-order valence-corrected chi connectivity index (χ2v) is 3.51. The molecule has 1 aromatic heterocycles. The van der Waals surface area contributed by atoms with Gasteiger partial charge in [0.25, 0.3) is 0 Å². The van der Waals surface area contributed by atoms with E-state index in [9.17, 15) is 0 Å². The number of rotatable bonds is 4. The van der Waals surface area contributed by atoms with Gasteiger partial charge in [0.15, 0.2) is 0 Å². The average molecular weight is 179 g/mol. The van der Waals surface area contributed by atoms with E-state index in [0.717, 1.165) is 17.8 Å². The number of anilines is 1. The number of nitrogens with two attached hydrogens (primary N) is 1. The molecule has 0 aromatic carbocycles. The molecule has 72 valence electrons. The molecular weight excluding hydrogens is 162 g/mol. The summed E-state index contributed by atoms with van der Waals surface area (Å²) in [5.41, 5.74) is 7.75. The van der Waals surface area contributed by atoms with Gasteiger partial charge in [-0.1, -0.05) is 13.8 Å². The molecule has 0 atom stereocenters. The number of aromatic nitrogens is 1. The lowest BCUT2D eigenvalue weighted by molar-refractivity contribution is 0.688. The van der Waals surface area contributed by atoms with Crippen LogP contribution in [0.25, 0.3) is 0 Å². The van der Waals surface area contributed by atoms with Crippen LogP contribution in [0.15, 0.2) is 18.5 Å². The third-order valence-corrected chi connectivity index (χ3v) is 1.82. The molecule has 0 aliphatic carbocycles. The molecule has 1 rings (SSSR count). The van der Waals surface area contributed by atoms with E-state index in [-0.39, 0.29) is 0 Å². The van der Waals surface area contributed by atoms with E-state index in [4.69, 9.17) is 5.73 Å². The van der Waals surface area contributed by atoms with Crippen LogP contribution in [0.1, 0.15) is 19.4 Å². The Morgan fingerprint density at radius 3 is 2.92 bits per heavy atom. The zero-order valence-electron chi connectivity index (χ0n) is 8.25. The molecule has 3 N–H and O–H groups in total. The van der Waals surface area contributed by atoms with Gasteiger partial charge in [0.1, 0.15) is 0 Å². The fraction of sp³-hybridized carbons (Fsp3) is 0.500. The third-order valence-electron chi connectivity index (χ3n) is 1.82. The van der Waals surface area contributed by atoms with Crippen LogP contribution < -0.4 is 11.1 Å². The number of pyridine rings is 1. The summed E-state index contributed by atoms with van der Waals surface area (Å²) in [5.74, 6) is 0.638. The molecule has 0 spiro atoms. The van der Waals surface area contributed by atoms with Crippen LogP contribution in [0.4, 0.5) is 5.69 Å². The fourth-order valence-electron chi connectivity index (χ4n) is 1.08. The van der Waals surface area contributed by atoms with Crippen LogP contribution in [-0.2, 0) is 6.54 Å². The van der Waals surface area contributed by atoms with E-state index in [2.05, 4.69) is 24.1 Å². The lowest BCUT2D eigenvalue weighted by Crippen LogP contribution is -2.11. The van der Waals surface area contributed by atoms with Crippen LogP contribution in [-0.4, -0.2) is 11.5 Å². The first-order valence-corrected chi connectivity index (χ1v) is 4.61. The van der Waals surface area contributed by atoms with Crippen molar-refractivity contribution in [1.29, 1.82) is 0 Å². The van der Waals surface area contributed by atoms with Gasteiger partial charge >= 0.3 is 0 Å². The van der Waals surface area contributed by atoms with Crippen molar-refractivity contribution in [3.05, 3.63) is 24.0 Å². The minimum Gasteiger partial charge on any atom is -0.384 e. The molecule has 1 aromatic rings. The molecule has 0 saturated carbocycles. The van der Waals surface area contributed by atoms with Crippen molar-refractivity contribution in [3.8, 4) is 0 Å². The minimum absolute atomic E-state index is 0.536. The van der Waals surface area contributed by atoms with Crippen LogP contribution in [0, 0.1) is 5.92 Å². The zero-order valence-corrected chi connectivity index (χ0v) is 8.25. The molecule has 0 bridgehead atoms. The van der Waals surface area contributed by atoms with Crippen LogP contribution in [0.5, 0.6) is 0 Å². The Balaban J connectivity index is 2.64. The summed E-state index contributed by atoms with van der Waals surface area (Å²) >= 11 is 0. The van der Waals surface area contributed by atoms with Crippen molar-refractivity contribution in [2.75, 3.05) is 11.9 Å². The van der Waals surface area contributed by atoms with Crippen molar-refractivity contribution >= 4 is 5.69 Å². The normalized spacial score (nSPS) is 10.5. The summed E-state index contributed by atoms with van der Waals surface area (Å²) in [6, 6.07) is 1.96. The van der Waals surface area contributed by atoms with Crippen molar-refractivity contribution in [2.45, 2.75) is 20.4 Å².